The fourth-order valence-electron chi connectivity index (χ4n) is 3.55. The van der Waals surface area contributed by atoms with E-state index >= 15 is 0 Å². The topological polar surface area (TPSA) is 35.5 Å². The Balaban J connectivity index is 2.44. The molecule has 0 saturated heterocycles. The largest absolute Gasteiger partial charge is 0.394 e. The second kappa shape index (κ2) is 8.35. The average Bonchev–Trinajstić information content (AvgIpc) is 2.76. The highest BCUT2D eigenvalue weighted by Crippen LogP contribution is 2.38. The molecule has 0 heterocycles. The molecule has 1 rings (SSSR count). The monoisotopic (exact) mass is 284 g/mol. The van der Waals surface area contributed by atoms with Crippen LogP contribution in [0.4, 0.5) is 0 Å². The van der Waals surface area contributed by atoms with Crippen molar-refractivity contribution in [3.8, 4) is 0 Å². The minimum Gasteiger partial charge on any atom is -0.394 e. The molecule has 0 aromatic heterocycles. The molecule has 0 spiro atoms. The van der Waals surface area contributed by atoms with Crippen molar-refractivity contribution in [1.82, 2.24) is 10.2 Å². The third-order valence-electron chi connectivity index (χ3n) is 4.76. The number of aliphatic hydroxyl groups is 1. The third-order valence-corrected chi connectivity index (χ3v) is 4.76. The lowest BCUT2D eigenvalue weighted by atomic mass is 9.84. The van der Waals surface area contributed by atoms with Crippen LogP contribution in [0.1, 0.15) is 59.8 Å². The van der Waals surface area contributed by atoms with Crippen LogP contribution >= 0.6 is 0 Å². The molecule has 120 valence electrons. The van der Waals surface area contributed by atoms with E-state index in [1.165, 1.54) is 32.2 Å². The van der Waals surface area contributed by atoms with Gasteiger partial charge in [0.15, 0.2) is 0 Å². The highest BCUT2D eigenvalue weighted by atomic mass is 16.3. The van der Waals surface area contributed by atoms with Crippen molar-refractivity contribution < 1.29 is 5.11 Å². The van der Waals surface area contributed by atoms with Gasteiger partial charge in [0, 0.05) is 11.6 Å². The predicted octanol–water partition coefficient (Wildman–Crippen LogP) is 2.88. The molecule has 0 aliphatic heterocycles. The number of hydrogen-bond acceptors (Lipinski definition) is 3. The molecule has 2 atom stereocenters. The van der Waals surface area contributed by atoms with E-state index in [4.69, 9.17) is 0 Å². The molecular formula is C17H36N2O. The fraction of sp³-hybridized carbons (Fsp3) is 1.00. The molecule has 0 aromatic carbocycles. The number of nitrogens with one attached hydrogen (secondary N) is 1. The van der Waals surface area contributed by atoms with Gasteiger partial charge in [0.05, 0.1) is 6.61 Å². The van der Waals surface area contributed by atoms with Gasteiger partial charge in [-0.2, -0.15) is 0 Å². The van der Waals surface area contributed by atoms with E-state index in [-0.39, 0.29) is 12.1 Å². The predicted molar refractivity (Wildman–Crippen MR) is 87.0 cm³/mol. The van der Waals surface area contributed by atoms with Crippen LogP contribution in [0.3, 0.4) is 0 Å². The molecule has 1 fully saturated rings. The number of nitrogens with zero attached hydrogens (tertiary/aromatic N) is 1. The molecule has 1 aliphatic rings. The molecular weight excluding hydrogens is 248 g/mol. The SMILES string of the molecule is CC(C)CCN(C)CCC1CCCC1(CO)NC(C)C. The number of rotatable bonds is 9. The summed E-state index contributed by atoms with van der Waals surface area (Å²) in [6.45, 7) is 11.6. The van der Waals surface area contributed by atoms with Gasteiger partial charge in [-0.05, 0) is 57.7 Å². The summed E-state index contributed by atoms with van der Waals surface area (Å²) in [6, 6.07) is 0.446. The zero-order valence-electron chi connectivity index (χ0n) is 14.3. The van der Waals surface area contributed by atoms with Gasteiger partial charge in [-0.15, -0.1) is 0 Å². The Morgan fingerprint density at radius 1 is 1.25 bits per heavy atom. The molecule has 1 saturated carbocycles. The minimum atomic E-state index is -0.0208. The van der Waals surface area contributed by atoms with E-state index < -0.39 is 0 Å². The van der Waals surface area contributed by atoms with Gasteiger partial charge in [0.2, 0.25) is 0 Å². The van der Waals surface area contributed by atoms with E-state index in [0.29, 0.717) is 12.0 Å². The van der Waals surface area contributed by atoms with Gasteiger partial charge in [-0.1, -0.05) is 34.1 Å². The first-order valence-electron chi connectivity index (χ1n) is 8.46. The van der Waals surface area contributed by atoms with Crippen molar-refractivity contribution in [3.63, 3.8) is 0 Å². The average molecular weight is 284 g/mol. The van der Waals surface area contributed by atoms with E-state index in [2.05, 4.69) is 45.0 Å². The Kier molecular flexibility index (Phi) is 7.49. The Morgan fingerprint density at radius 2 is 1.95 bits per heavy atom. The molecule has 3 nitrogen and oxygen atoms in total. The first kappa shape index (κ1) is 17.9. The summed E-state index contributed by atoms with van der Waals surface area (Å²) in [7, 11) is 2.23. The number of aliphatic hydroxyl groups excluding tert-OH is 1. The van der Waals surface area contributed by atoms with Crippen molar-refractivity contribution in [2.45, 2.75) is 71.4 Å². The lowest BCUT2D eigenvalue weighted by Gasteiger charge is -2.37. The van der Waals surface area contributed by atoms with E-state index in [9.17, 15) is 5.11 Å². The van der Waals surface area contributed by atoms with Crippen molar-refractivity contribution in [2.75, 3.05) is 26.7 Å². The van der Waals surface area contributed by atoms with Crippen LogP contribution in [-0.2, 0) is 0 Å². The Labute approximate surface area is 126 Å². The maximum atomic E-state index is 9.90. The van der Waals surface area contributed by atoms with Crippen LogP contribution in [0.25, 0.3) is 0 Å². The van der Waals surface area contributed by atoms with E-state index in [1.807, 2.05) is 0 Å². The maximum absolute atomic E-state index is 9.90. The first-order valence-corrected chi connectivity index (χ1v) is 8.46. The highest BCUT2D eigenvalue weighted by molar-refractivity contribution is 4.99. The molecule has 2 unspecified atom stereocenters. The van der Waals surface area contributed by atoms with Crippen LogP contribution in [-0.4, -0.2) is 48.3 Å². The number of hydrogen-bond donors (Lipinski definition) is 2. The van der Waals surface area contributed by atoms with Gasteiger partial charge in [0.25, 0.3) is 0 Å². The summed E-state index contributed by atoms with van der Waals surface area (Å²) < 4.78 is 0. The Bertz CT molecular complexity index is 268. The van der Waals surface area contributed by atoms with E-state index in [0.717, 1.165) is 18.9 Å². The van der Waals surface area contributed by atoms with Crippen molar-refractivity contribution in [2.24, 2.45) is 11.8 Å². The summed E-state index contributed by atoms with van der Waals surface area (Å²) in [4.78, 5) is 2.45. The van der Waals surface area contributed by atoms with Crippen LogP contribution in [0.15, 0.2) is 0 Å². The van der Waals surface area contributed by atoms with Gasteiger partial charge in [0.1, 0.15) is 0 Å². The van der Waals surface area contributed by atoms with Gasteiger partial charge in [-0.3, -0.25) is 0 Å². The van der Waals surface area contributed by atoms with Crippen LogP contribution in [0.5, 0.6) is 0 Å². The summed E-state index contributed by atoms with van der Waals surface area (Å²) in [5.74, 6) is 1.40. The van der Waals surface area contributed by atoms with E-state index in [1.54, 1.807) is 0 Å². The molecule has 3 heteroatoms. The van der Waals surface area contributed by atoms with Crippen LogP contribution < -0.4 is 5.32 Å². The van der Waals surface area contributed by atoms with Crippen LogP contribution in [0.2, 0.25) is 0 Å². The third kappa shape index (κ3) is 5.34. The second-order valence-electron chi connectivity index (χ2n) is 7.48. The summed E-state index contributed by atoms with van der Waals surface area (Å²) >= 11 is 0. The zero-order chi connectivity index (χ0) is 15.2. The summed E-state index contributed by atoms with van der Waals surface area (Å²) in [5, 5.41) is 13.6. The fourth-order valence-corrected chi connectivity index (χ4v) is 3.55. The lowest BCUT2D eigenvalue weighted by molar-refractivity contribution is 0.105. The molecule has 0 bridgehead atoms. The van der Waals surface area contributed by atoms with Crippen molar-refractivity contribution in [3.05, 3.63) is 0 Å². The second-order valence-corrected chi connectivity index (χ2v) is 7.48. The Hall–Kier alpha value is -0.120. The Morgan fingerprint density at radius 3 is 2.50 bits per heavy atom. The van der Waals surface area contributed by atoms with Gasteiger partial charge < -0.3 is 15.3 Å². The molecule has 20 heavy (non-hydrogen) atoms. The summed E-state index contributed by atoms with van der Waals surface area (Å²) in [5.41, 5.74) is -0.0208. The van der Waals surface area contributed by atoms with Gasteiger partial charge >= 0.3 is 0 Å². The minimum absolute atomic E-state index is 0.0208. The van der Waals surface area contributed by atoms with Crippen molar-refractivity contribution in [1.29, 1.82) is 0 Å². The standard InChI is InChI=1S/C17H36N2O/c1-14(2)8-11-19(5)12-9-16-7-6-10-17(16,13-20)18-15(3)4/h14-16,18,20H,6-13H2,1-5H3. The normalized spacial score (nSPS) is 27.1. The van der Waals surface area contributed by atoms with Crippen molar-refractivity contribution >= 4 is 0 Å². The van der Waals surface area contributed by atoms with Gasteiger partial charge in [-0.25, -0.2) is 0 Å². The maximum Gasteiger partial charge on any atom is 0.0616 e. The lowest BCUT2D eigenvalue weighted by Crippen LogP contribution is -2.54. The molecule has 1 aliphatic carbocycles. The first-order chi connectivity index (χ1) is 9.39. The molecule has 0 amide bonds. The quantitative estimate of drug-likeness (QED) is 0.683. The highest BCUT2D eigenvalue weighted by Gasteiger charge is 2.42. The summed E-state index contributed by atoms with van der Waals surface area (Å²) in [6.07, 6.45) is 6.12. The van der Waals surface area contributed by atoms with Crippen LogP contribution in [0, 0.1) is 11.8 Å². The zero-order valence-corrected chi connectivity index (χ0v) is 14.3. The molecule has 0 aromatic rings. The molecule has 2 N–H and O–H groups in total. The molecule has 0 radical (unpaired) electrons. The smallest absolute Gasteiger partial charge is 0.0616 e.